The predicted octanol–water partition coefficient (Wildman–Crippen LogP) is 2.26. The van der Waals surface area contributed by atoms with Crippen molar-refractivity contribution < 1.29 is 4.74 Å². The molecule has 17 heavy (non-hydrogen) atoms. The molecule has 0 aromatic carbocycles. The summed E-state index contributed by atoms with van der Waals surface area (Å²) in [6.45, 7) is 13.2. The van der Waals surface area contributed by atoms with E-state index in [0.29, 0.717) is 18.2 Å². The Labute approximate surface area is 107 Å². The molecule has 0 saturated carbocycles. The first kappa shape index (κ1) is 14.9. The van der Waals surface area contributed by atoms with Gasteiger partial charge in [0.15, 0.2) is 0 Å². The molecule has 0 aliphatic carbocycles. The highest BCUT2D eigenvalue weighted by molar-refractivity contribution is 4.79. The first-order valence-corrected chi connectivity index (χ1v) is 7.26. The van der Waals surface area contributed by atoms with Crippen molar-refractivity contribution in [3.8, 4) is 0 Å². The van der Waals surface area contributed by atoms with Gasteiger partial charge in [-0.2, -0.15) is 0 Å². The smallest absolute Gasteiger partial charge is 0.0702 e. The third kappa shape index (κ3) is 5.36. The molecule has 1 N–H and O–H groups in total. The van der Waals surface area contributed by atoms with Crippen LogP contribution in [-0.4, -0.2) is 49.3 Å². The molecule has 0 amide bonds. The molecule has 0 spiro atoms. The number of nitrogens with one attached hydrogen (secondary N) is 1. The van der Waals surface area contributed by atoms with Crippen LogP contribution in [0.3, 0.4) is 0 Å². The van der Waals surface area contributed by atoms with Gasteiger partial charge in [-0.15, -0.1) is 0 Å². The van der Waals surface area contributed by atoms with E-state index in [-0.39, 0.29) is 0 Å². The third-order valence-corrected chi connectivity index (χ3v) is 3.81. The Morgan fingerprint density at radius 3 is 2.76 bits per heavy atom. The van der Waals surface area contributed by atoms with Crippen molar-refractivity contribution in [2.75, 3.05) is 26.2 Å². The monoisotopic (exact) mass is 242 g/mol. The molecule has 1 rings (SSSR count). The minimum Gasteiger partial charge on any atom is -0.377 e. The first-order valence-electron chi connectivity index (χ1n) is 7.26. The van der Waals surface area contributed by atoms with Gasteiger partial charge in [-0.3, -0.25) is 4.90 Å². The maximum Gasteiger partial charge on any atom is 0.0702 e. The summed E-state index contributed by atoms with van der Waals surface area (Å²) in [4.78, 5) is 2.57. The fraction of sp³-hybridized carbons (Fsp3) is 1.00. The molecule has 102 valence electrons. The van der Waals surface area contributed by atoms with Crippen LogP contribution in [0.15, 0.2) is 0 Å². The lowest BCUT2D eigenvalue weighted by molar-refractivity contribution is -0.00509. The Morgan fingerprint density at radius 1 is 1.35 bits per heavy atom. The molecule has 0 aromatic heterocycles. The van der Waals surface area contributed by atoms with E-state index in [1.807, 2.05) is 0 Å². The molecular formula is C14H30N2O. The van der Waals surface area contributed by atoms with Gasteiger partial charge >= 0.3 is 0 Å². The molecule has 0 bridgehead atoms. The summed E-state index contributed by atoms with van der Waals surface area (Å²) in [7, 11) is 0. The van der Waals surface area contributed by atoms with Crippen LogP contribution in [0.25, 0.3) is 0 Å². The summed E-state index contributed by atoms with van der Waals surface area (Å²) in [6, 6.07) is 1.25. The van der Waals surface area contributed by atoms with Gasteiger partial charge < -0.3 is 10.1 Å². The third-order valence-electron chi connectivity index (χ3n) is 3.81. The topological polar surface area (TPSA) is 24.5 Å². The zero-order valence-corrected chi connectivity index (χ0v) is 12.0. The van der Waals surface area contributed by atoms with Gasteiger partial charge in [-0.25, -0.2) is 0 Å². The van der Waals surface area contributed by atoms with Crippen molar-refractivity contribution in [2.24, 2.45) is 0 Å². The van der Waals surface area contributed by atoms with Crippen molar-refractivity contribution in [2.45, 2.75) is 65.1 Å². The Morgan fingerprint density at radius 2 is 2.12 bits per heavy atom. The maximum atomic E-state index is 5.75. The number of rotatable bonds is 7. The molecule has 3 atom stereocenters. The van der Waals surface area contributed by atoms with Gasteiger partial charge in [0, 0.05) is 31.8 Å². The lowest BCUT2D eigenvalue weighted by atomic mass is 10.1. The second-order valence-electron chi connectivity index (χ2n) is 5.28. The molecule has 3 heteroatoms. The average molecular weight is 242 g/mol. The second-order valence-corrected chi connectivity index (χ2v) is 5.28. The van der Waals surface area contributed by atoms with Crippen LogP contribution in [-0.2, 0) is 4.74 Å². The summed E-state index contributed by atoms with van der Waals surface area (Å²) in [6.07, 6.45) is 4.17. The largest absolute Gasteiger partial charge is 0.377 e. The van der Waals surface area contributed by atoms with Crippen LogP contribution in [0.5, 0.6) is 0 Å². The molecule has 3 nitrogen and oxygen atoms in total. The summed E-state index contributed by atoms with van der Waals surface area (Å²) in [5.41, 5.74) is 0. The molecule has 1 aliphatic heterocycles. The minimum atomic E-state index is 0.458. The number of nitrogens with zero attached hydrogens (tertiary/aromatic N) is 1. The molecule has 1 fully saturated rings. The van der Waals surface area contributed by atoms with E-state index >= 15 is 0 Å². The molecule has 1 aliphatic rings. The number of likely N-dealkylation sites (tertiary alicyclic amines) is 1. The van der Waals surface area contributed by atoms with Crippen molar-refractivity contribution in [3.05, 3.63) is 0 Å². The van der Waals surface area contributed by atoms with Crippen molar-refractivity contribution >= 4 is 0 Å². The summed E-state index contributed by atoms with van der Waals surface area (Å²) in [5, 5.41) is 3.59. The van der Waals surface area contributed by atoms with E-state index in [2.05, 4.69) is 37.9 Å². The fourth-order valence-corrected chi connectivity index (χ4v) is 2.38. The number of hydrogen-bond acceptors (Lipinski definition) is 3. The van der Waals surface area contributed by atoms with Gasteiger partial charge in [-0.05, 0) is 46.6 Å². The van der Waals surface area contributed by atoms with Crippen LogP contribution in [0.4, 0.5) is 0 Å². The van der Waals surface area contributed by atoms with E-state index < -0.39 is 0 Å². The molecule has 3 unspecified atom stereocenters. The first-order chi connectivity index (χ1) is 8.17. The van der Waals surface area contributed by atoms with Crippen LogP contribution >= 0.6 is 0 Å². The highest BCUT2D eigenvalue weighted by Gasteiger charge is 2.23. The van der Waals surface area contributed by atoms with Crippen LogP contribution < -0.4 is 5.32 Å². The summed E-state index contributed by atoms with van der Waals surface area (Å²) < 4.78 is 5.75. The van der Waals surface area contributed by atoms with E-state index in [1.165, 1.54) is 25.8 Å². The van der Waals surface area contributed by atoms with Crippen molar-refractivity contribution in [1.82, 2.24) is 10.2 Å². The summed E-state index contributed by atoms with van der Waals surface area (Å²) in [5.74, 6) is 0. The van der Waals surface area contributed by atoms with Crippen molar-refractivity contribution in [1.29, 1.82) is 0 Å². The van der Waals surface area contributed by atoms with E-state index in [9.17, 15) is 0 Å². The quantitative estimate of drug-likeness (QED) is 0.741. The second kappa shape index (κ2) is 8.06. The Balaban J connectivity index is 2.27. The normalized spacial score (nSPS) is 25.8. The molecule has 1 saturated heterocycles. The fourth-order valence-electron chi connectivity index (χ4n) is 2.38. The van der Waals surface area contributed by atoms with E-state index in [0.717, 1.165) is 19.7 Å². The zero-order valence-electron chi connectivity index (χ0n) is 12.0. The van der Waals surface area contributed by atoms with Crippen LogP contribution in [0, 0.1) is 0 Å². The lowest BCUT2D eigenvalue weighted by Gasteiger charge is -2.37. The van der Waals surface area contributed by atoms with Crippen molar-refractivity contribution in [3.63, 3.8) is 0 Å². The SMILES string of the molecule is CCOC1CCCN(C(C)CNC(C)CC)C1. The lowest BCUT2D eigenvalue weighted by Crippen LogP contribution is -2.48. The maximum absolute atomic E-state index is 5.75. The van der Waals surface area contributed by atoms with Gasteiger partial charge in [0.05, 0.1) is 6.10 Å². The molecular weight excluding hydrogens is 212 g/mol. The standard InChI is InChI=1S/C14H30N2O/c1-5-12(3)15-10-13(4)16-9-7-8-14(11-16)17-6-2/h12-15H,5-11H2,1-4H3. The molecule has 1 heterocycles. The Hall–Kier alpha value is -0.120. The number of piperidine rings is 1. The Bertz CT molecular complexity index is 197. The van der Waals surface area contributed by atoms with Crippen LogP contribution in [0.1, 0.15) is 47.0 Å². The van der Waals surface area contributed by atoms with E-state index in [4.69, 9.17) is 4.74 Å². The van der Waals surface area contributed by atoms with E-state index in [1.54, 1.807) is 0 Å². The van der Waals surface area contributed by atoms with Gasteiger partial charge in [-0.1, -0.05) is 6.92 Å². The van der Waals surface area contributed by atoms with Crippen LogP contribution in [0.2, 0.25) is 0 Å². The number of ether oxygens (including phenoxy) is 1. The summed E-state index contributed by atoms with van der Waals surface area (Å²) >= 11 is 0. The highest BCUT2D eigenvalue weighted by Crippen LogP contribution is 2.15. The number of hydrogen-bond donors (Lipinski definition) is 1. The van der Waals surface area contributed by atoms with Gasteiger partial charge in [0.1, 0.15) is 0 Å². The zero-order chi connectivity index (χ0) is 12.7. The Kier molecular flexibility index (Phi) is 7.09. The molecule has 0 radical (unpaired) electrons. The van der Waals surface area contributed by atoms with Gasteiger partial charge in [0.25, 0.3) is 0 Å². The molecule has 0 aromatic rings. The predicted molar refractivity (Wildman–Crippen MR) is 73.4 cm³/mol. The highest BCUT2D eigenvalue weighted by atomic mass is 16.5. The average Bonchev–Trinajstić information content (AvgIpc) is 2.36. The minimum absolute atomic E-state index is 0.458. The van der Waals surface area contributed by atoms with Gasteiger partial charge in [0.2, 0.25) is 0 Å².